The number of rotatable bonds is 8. The number of sulfonamides is 1. The Morgan fingerprint density at radius 2 is 1.77 bits per heavy atom. The summed E-state index contributed by atoms with van der Waals surface area (Å²) in [4.78, 5) is 12.6. The van der Waals surface area contributed by atoms with E-state index in [0.29, 0.717) is 5.56 Å². The Labute approximate surface area is 162 Å². The predicted octanol–water partition coefficient (Wildman–Crippen LogP) is 3.79. The van der Waals surface area contributed by atoms with Crippen LogP contribution < -0.4 is 10.0 Å². The third kappa shape index (κ3) is 5.27. The van der Waals surface area contributed by atoms with Gasteiger partial charge in [0.25, 0.3) is 5.91 Å². The van der Waals surface area contributed by atoms with Gasteiger partial charge in [0, 0.05) is 16.6 Å². The fraction of sp³-hybridized carbons (Fsp3) is 0.211. The minimum atomic E-state index is -3.60. The third-order valence-electron chi connectivity index (χ3n) is 3.83. The lowest BCUT2D eigenvalue weighted by Crippen LogP contribution is -2.28. The van der Waals surface area contributed by atoms with Crippen LogP contribution in [0.25, 0.3) is 0 Å². The van der Waals surface area contributed by atoms with Gasteiger partial charge >= 0.3 is 0 Å². The molecule has 2 aromatic rings. The van der Waals surface area contributed by atoms with Crippen molar-refractivity contribution in [2.75, 3.05) is 6.54 Å². The van der Waals surface area contributed by atoms with Crippen molar-refractivity contribution >= 4 is 31.9 Å². The zero-order chi connectivity index (χ0) is 19.2. The van der Waals surface area contributed by atoms with Gasteiger partial charge in [-0.05, 0) is 48.4 Å². The van der Waals surface area contributed by atoms with Crippen LogP contribution in [0.4, 0.5) is 0 Å². The highest BCUT2D eigenvalue weighted by atomic mass is 79.9. The van der Waals surface area contributed by atoms with Crippen LogP contribution in [0, 0.1) is 0 Å². The van der Waals surface area contributed by atoms with Crippen LogP contribution in [0.5, 0.6) is 0 Å². The number of hydrogen-bond donors (Lipinski definition) is 2. The largest absolute Gasteiger partial charge is 0.345 e. The lowest BCUT2D eigenvalue weighted by atomic mass is 10.0. The van der Waals surface area contributed by atoms with Gasteiger partial charge in [-0.15, -0.1) is 6.58 Å². The SMILES string of the molecule is C=CCNS(=O)(=O)c1ccc(C(=O)NC(CC)c2ccc(Br)cc2)cc1. The smallest absolute Gasteiger partial charge is 0.251 e. The van der Waals surface area contributed by atoms with Crippen molar-refractivity contribution in [1.29, 1.82) is 0 Å². The van der Waals surface area contributed by atoms with Crippen LogP contribution in [-0.2, 0) is 10.0 Å². The van der Waals surface area contributed by atoms with E-state index in [0.717, 1.165) is 16.5 Å². The first kappa shape index (κ1) is 20.4. The topological polar surface area (TPSA) is 75.3 Å². The Hall–Kier alpha value is -1.96. The van der Waals surface area contributed by atoms with Crippen LogP contribution >= 0.6 is 15.9 Å². The third-order valence-corrected chi connectivity index (χ3v) is 5.80. The van der Waals surface area contributed by atoms with Crippen LogP contribution in [0.3, 0.4) is 0 Å². The molecular formula is C19H21BrN2O3S. The van der Waals surface area contributed by atoms with Gasteiger partial charge in [0.2, 0.25) is 10.0 Å². The molecule has 1 amide bonds. The van der Waals surface area contributed by atoms with E-state index in [1.54, 1.807) is 0 Å². The van der Waals surface area contributed by atoms with Crippen LogP contribution in [0.2, 0.25) is 0 Å². The van der Waals surface area contributed by atoms with Gasteiger partial charge in [0.1, 0.15) is 0 Å². The molecule has 0 saturated heterocycles. The predicted molar refractivity (Wildman–Crippen MR) is 106 cm³/mol. The summed E-state index contributed by atoms with van der Waals surface area (Å²) in [5.74, 6) is -0.247. The van der Waals surface area contributed by atoms with E-state index >= 15 is 0 Å². The highest BCUT2D eigenvalue weighted by Gasteiger charge is 2.16. The summed E-state index contributed by atoms with van der Waals surface area (Å²) >= 11 is 3.40. The second-order valence-corrected chi connectivity index (χ2v) is 8.33. The lowest BCUT2D eigenvalue weighted by Gasteiger charge is -2.18. The molecule has 26 heavy (non-hydrogen) atoms. The van der Waals surface area contributed by atoms with Crippen molar-refractivity contribution in [3.8, 4) is 0 Å². The molecule has 2 aromatic carbocycles. The molecule has 0 aliphatic rings. The monoisotopic (exact) mass is 436 g/mol. The summed E-state index contributed by atoms with van der Waals surface area (Å²) in [5.41, 5.74) is 1.42. The molecule has 2 N–H and O–H groups in total. The molecule has 0 heterocycles. The standard InChI is InChI=1S/C19H21BrN2O3S/c1-3-13-21-26(24,25)17-11-7-15(8-12-17)19(23)22-18(4-2)14-5-9-16(20)10-6-14/h3,5-12,18,21H,1,4,13H2,2H3,(H,22,23). The molecular weight excluding hydrogens is 416 g/mol. The maximum Gasteiger partial charge on any atom is 0.251 e. The Morgan fingerprint density at radius 1 is 1.15 bits per heavy atom. The van der Waals surface area contributed by atoms with Crippen molar-refractivity contribution in [3.63, 3.8) is 0 Å². The van der Waals surface area contributed by atoms with Crippen LogP contribution in [0.15, 0.2) is 70.6 Å². The number of hydrogen-bond acceptors (Lipinski definition) is 3. The van der Waals surface area contributed by atoms with E-state index in [2.05, 4.69) is 32.5 Å². The summed E-state index contributed by atoms with van der Waals surface area (Å²) in [5, 5.41) is 2.98. The molecule has 138 valence electrons. The summed E-state index contributed by atoms with van der Waals surface area (Å²) < 4.78 is 27.5. The van der Waals surface area contributed by atoms with Crippen molar-refractivity contribution in [3.05, 3.63) is 76.8 Å². The molecule has 0 aliphatic heterocycles. The average molecular weight is 437 g/mol. The minimum Gasteiger partial charge on any atom is -0.345 e. The Morgan fingerprint density at radius 3 is 2.31 bits per heavy atom. The van der Waals surface area contributed by atoms with E-state index in [9.17, 15) is 13.2 Å². The van der Waals surface area contributed by atoms with E-state index < -0.39 is 10.0 Å². The van der Waals surface area contributed by atoms with Crippen molar-refractivity contribution < 1.29 is 13.2 Å². The molecule has 7 heteroatoms. The molecule has 2 rings (SSSR count). The zero-order valence-electron chi connectivity index (χ0n) is 14.4. The highest BCUT2D eigenvalue weighted by Crippen LogP contribution is 2.20. The normalized spacial score (nSPS) is 12.4. The second-order valence-electron chi connectivity index (χ2n) is 5.65. The first-order valence-corrected chi connectivity index (χ1v) is 10.4. The average Bonchev–Trinajstić information content (AvgIpc) is 2.65. The Balaban J connectivity index is 2.11. The maximum atomic E-state index is 12.5. The molecule has 0 fully saturated rings. The molecule has 1 unspecified atom stereocenters. The molecule has 0 aliphatic carbocycles. The van der Waals surface area contributed by atoms with Crippen molar-refractivity contribution in [1.82, 2.24) is 10.0 Å². The van der Waals surface area contributed by atoms with Gasteiger partial charge in [0.05, 0.1) is 10.9 Å². The Bertz CT molecular complexity index is 863. The van der Waals surface area contributed by atoms with Gasteiger partial charge < -0.3 is 5.32 Å². The van der Waals surface area contributed by atoms with Gasteiger partial charge in [-0.3, -0.25) is 4.79 Å². The number of carbonyl (C=O) groups excluding carboxylic acids is 1. The summed E-state index contributed by atoms with van der Waals surface area (Å²) in [7, 11) is -3.60. The number of nitrogens with one attached hydrogen (secondary N) is 2. The molecule has 0 spiro atoms. The highest BCUT2D eigenvalue weighted by molar-refractivity contribution is 9.10. The van der Waals surface area contributed by atoms with Gasteiger partial charge in [-0.2, -0.15) is 0 Å². The number of amides is 1. The van der Waals surface area contributed by atoms with Gasteiger partial charge in [-0.1, -0.05) is 41.1 Å². The molecule has 0 saturated carbocycles. The first-order chi connectivity index (χ1) is 12.4. The molecule has 1 atom stereocenters. The molecule has 0 radical (unpaired) electrons. The lowest BCUT2D eigenvalue weighted by molar-refractivity contribution is 0.0935. The maximum absolute atomic E-state index is 12.5. The summed E-state index contributed by atoms with van der Waals surface area (Å²) in [6.07, 6.45) is 2.21. The van der Waals surface area contributed by atoms with E-state index in [1.165, 1.54) is 30.3 Å². The van der Waals surface area contributed by atoms with E-state index in [-0.39, 0.29) is 23.4 Å². The van der Waals surface area contributed by atoms with Crippen LogP contribution in [-0.4, -0.2) is 20.9 Å². The first-order valence-electron chi connectivity index (χ1n) is 8.14. The molecule has 5 nitrogen and oxygen atoms in total. The second kappa shape index (κ2) is 9.12. The summed E-state index contributed by atoms with van der Waals surface area (Å²) in [6.45, 7) is 5.62. The number of benzene rings is 2. The molecule has 0 bridgehead atoms. The van der Waals surface area contributed by atoms with Crippen molar-refractivity contribution in [2.45, 2.75) is 24.3 Å². The summed E-state index contributed by atoms with van der Waals surface area (Å²) in [6, 6.07) is 13.5. The Kier molecular flexibility index (Phi) is 7.14. The fourth-order valence-electron chi connectivity index (χ4n) is 2.40. The quantitative estimate of drug-likeness (QED) is 0.617. The van der Waals surface area contributed by atoms with E-state index in [4.69, 9.17) is 0 Å². The number of carbonyl (C=O) groups is 1. The fourth-order valence-corrected chi connectivity index (χ4v) is 3.66. The number of halogens is 1. The van der Waals surface area contributed by atoms with Gasteiger partial charge in [0.15, 0.2) is 0 Å². The molecule has 0 aromatic heterocycles. The van der Waals surface area contributed by atoms with Gasteiger partial charge in [-0.25, -0.2) is 13.1 Å². The van der Waals surface area contributed by atoms with Crippen molar-refractivity contribution in [2.24, 2.45) is 0 Å². The van der Waals surface area contributed by atoms with Crippen LogP contribution in [0.1, 0.15) is 35.3 Å². The zero-order valence-corrected chi connectivity index (χ0v) is 16.8. The minimum absolute atomic E-state index is 0.107. The van der Waals surface area contributed by atoms with E-state index in [1.807, 2.05) is 31.2 Å².